The number of rotatable bonds is 7. The Morgan fingerprint density at radius 3 is 2.64 bits per heavy atom. The molecule has 2 atom stereocenters. The monoisotopic (exact) mass is 302 g/mol. The lowest BCUT2D eigenvalue weighted by Crippen LogP contribution is -2.34. The van der Waals surface area contributed by atoms with E-state index < -0.39 is 0 Å². The molecule has 0 aromatic heterocycles. The van der Waals surface area contributed by atoms with Crippen LogP contribution in [0.25, 0.3) is 0 Å². The minimum Gasteiger partial charge on any atom is -0.372 e. The van der Waals surface area contributed by atoms with Gasteiger partial charge in [-0.3, -0.25) is 0 Å². The first kappa shape index (κ1) is 17.3. The summed E-state index contributed by atoms with van der Waals surface area (Å²) in [4.78, 5) is 2.59. The molecule has 0 radical (unpaired) electrons. The zero-order chi connectivity index (χ0) is 15.8. The second kappa shape index (κ2) is 9.19. The molecule has 0 spiro atoms. The number of allylic oxidation sites excluding steroid dienone is 5. The minimum absolute atomic E-state index is 0.288. The van der Waals surface area contributed by atoms with Crippen LogP contribution in [0.4, 0.5) is 0 Å². The van der Waals surface area contributed by atoms with Crippen LogP contribution in [-0.2, 0) is 0 Å². The third kappa shape index (κ3) is 4.74. The van der Waals surface area contributed by atoms with Gasteiger partial charge < -0.3 is 10.6 Å². The number of nitrogens with two attached hydrogens (primary N) is 1. The van der Waals surface area contributed by atoms with E-state index in [0.717, 1.165) is 12.8 Å². The molecular formula is C20H34N2. The first-order chi connectivity index (χ1) is 10.8. The summed E-state index contributed by atoms with van der Waals surface area (Å²) >= 11 is 0. The fourth-order valence-corrected chi connectivity index (χ4v) is 3.81. The van der Waals surface area contributed by atoms with Crippen LogP contribution in [0, 0.1) is 5.92 Å². The molecule has 2 nitrogen and oxygen atoms in total. The van der Waals surface area contributed by atoms with Crippen molar-refractivity contribution in [3.63, 3.8) is 0 Å². The van der Waals surface area contributed by atoms with Gasteiger partial charge in [-0.1, -0.05) is 51.0 Å². The quantitative estimate of drug-likeness (QED) is 0.733. The molecule has 0 bridgehead atoms. The molecule has 1 aliphatic carbocycles. The van der Waals surface area contributed by atoms with Crippen molar-refractivity contribution in [2.75, 3.05) is 13.1 Å². The molecule has 1 heterocycles. The summed E-state index contributed by atoms with van der Waals surface area (Å²) in [5, 5.41) is 0. The highest BCUT2D eigenvalue weighted by Crippen LogP contribution is 2.28. The van der Waals surface area contributed by atoms with Crippen molar-refractivity contribution in [3.05, 3.63) is 35.6 Å². The van der Waals surface area contributed by atoms with Gasteiger partial charge >= 0.3 is 0 Å². The van der Waals surface area contributed by atoms with Crippen LogP contribution in [0.1, 0.15) is 65.2 Å². The number of nitrogens with zero attached hydrogens (tertiary/aromatic N) is 1. The summed E-state index contributed by atoms with van der Waals surface area (Å²) in [7, 11) is 0. The summed E-state index contributed by atoms with van der Waals surface area (Å²) in [5.41, 5.74) is 9.50. The van der Waals surface area contributed by atoms with Gasteiger partial charge in [0, 0.05) is 24.8 Å². The Bertz CT molecular complexity index is 413. The van der Waals surface area contributed by atoms with Gasteiger partial charge in [0.25, 0.3) is 0 Å². The average molecular weight is 303 g/mol. The number of hydrogen-bond acceptors (Lipinski definition) is 2. The minimum atomic E-state index is 0.288. The zero-order valence-electron chi connectivity index (χ0n) is 14.6. The van der Waals surface area contributed by atoms with Crippen molar-refractivity contribution in [2.24, 2.45) is 11.7 Å². The highest BCUT2D eigenvalue weighted by molar-refractivity contribution is 5.36. The topological polar surface area (TPSA) is 29.3 Å². The van der Waals surface area contributed by atoms with E-state index in [9.17, 15) is 0 Å². The predicted molar refractivity (Wildman–Crippen MR) is 96.6 cm³/mol. The molecule has 0 aromatic carbocycles. The Hall–Kier alpha value is -1.02. The van der Waals surface area contributed by atoms with E-state index in [1.807, 2.05) is 0 Å². The fraction of sp³-hybridized carbons (Fsp3) is 0.700. The van der Waals surface area contributed by atoms with Crippen molar-refractivity contribution in [2.45, 2.75) is 71.3 Å². The molecule has 1 aliphatic heterocycles. The maximum atomic E-state index is 6.58. The van der Waals surface area contributed by atoms with E-state index in [4.69, 9.17) is 5.73 Å². The Balaban J connectivity index is 2.07. The lowest BCUT2D eigenvalue weighted by Gasteiger charge is -2.33. The van der Waals surface area contributed by atoms with Crippen LogP contribution in [-0.4, -0.2) is 24.0 Å². The van der Waals surface area contributed by atoms with Gasteiger partial charge in [0.05, 0.1) is 0 Å². The van der Waals surface area contributed by atoms with Gasteiger partial charge in [0.2, 0.25) is 0 Å². The second-order valence-electron chi connectivity index (χ2n) is 6.82. The van der Waals surface area contributed by atoms with Crippen LogP contribution in [0.2, 0.25) is 0 Å². The molecule has 22 heavy (non-hydrogen) atoms. The van der Waals surface area contributed by atoms with E-state index in [2.05, 4.69) is 43.1 Å². The lowest BCUT2D eigenvalue weighted by molar-refractivity contribution is 0.285. The van der Waals surface area contributed by atoms with E-state index >= 15 is 0 Å². The Morgan fingerprint density at radius 2 is 1.95 bits per heavy atom. The molecule has 1 saturated heterocycles. The molecule has 2 unspecified atom stereocenters. The second-order valence-corrected chi connectivity index (χ2v) is 6.82. The van der Waals surface area contributed by atoms with Crippen molar-refractivity contribution in [1.29, 1.82) is 0 Å². The molecule has 2 rings (SSSR count). The van der Waals surface area contributed by atoms with Gasteiger partial charge in [0.15, 0.2) is 0 Å². The standard InChI is InChI=1S/C20H34N2/c1-3-11-17(4-2)19(21)16-18-12-7-5-8-13-20(18)22-14-9-6-10-15-22/h5,7,12-13,17,19H,3-4,6,8-11,14-16,21H2,1-2H3. The molecule has 2 N–H and O–H groups in total. The summed E-state index contributed by atoms with van der Waals surface area (Å²) in [6.07, 6.45) is 19.0. The molecular weight excluding hydrogens is 268 g/mol. The number of likely N-dealkylation sites (tertiary alicyclic amines) is 1. The van der Waals surface area contributed by atoms with Gasteiger partial charge in [-0.15, -0.1) is 0 Å². The summed E-state index contributed by atoms with van der Waals surface area (Å²) in [6, 6.07) is 0.288. The third-order valence-electron chi connectivity index (χ3n) is 5.15. The Labute approximate surface area is 137 Å². The van der Waals surface area contributed by atoms with Crippen molar-refractivity contribution in [1.82, 2.24) is 4.90 Å². The highest BCUT2D eigenvalue weighted by Gasteiger charge is 2.22. The number of piperidine rings is 1. The Morgan fingerprint density at radius 1 is 1.18 bits per heavy atom. The van der Waals surface area contributed by atoms with Gasteiger partial charge in [0.1, 0.15) is 0 Å². The Kier molecular flexibility index (Phi) is 7.24. The van der Waals surface area contributed by atoms with Crippen LogP contribution >= 0.6 is 0 Å². The summed E-state index contributed by atoms with van der Waals surface area (Å²) < 4.78 is 0. The van der Waals surface area contributed by atoms with Crippen LogP contribution in [0.3, 0.4) is 0 Å². The van der Waals surface area contributed by atoms with Crippen molar-refractivity contribution < 1.29 is 0 Å². The molecule has 2 heteroatoms. The lowest BCUT2D eigenvalue weighted by atomic mass is 9.87. The van der Waals surface area contributed by atoms with Gasteiger partial charge in [-0.25, -0.2) is 0 Å². The largest absolute Gasteiger partial charge is 0.372 e. The van der Waals surface area contributed by atoms with Gasteiger partial charge in [-0.05, 0) is 50.0 Å². The third-order valence-corrected chi connectivity index (χ3v) is 5.15. The highest BCUT2D eigenvalue weighted by atomic mass is 15.1. The molecule has 1 fully saturated rings. The molecule has 0 aromatic rings. The first-order valence-electron chi connectivity index (χ1n) is 9.33. The smallest absolute Gasteiger partial charge is 0.0361 e. The van der Waals surface area contributed by atoms with Crippen molar-refractivity contribution >= 4 is 0 Å². The SMILES string of the molecule is CCCC(CC)C(N)CC1=CC=CCC=C1N1CCCCC1. The first-order valence-corrected chi connectivity index (χ1v) is 9.33. The average Bonchev–Trinajstić information content (AvgIpc) is 2.78. The van der Waals surface area contributed by atoms with E-state index in [1.54, 1.807) is 0 Å². The predicted octanol–water partition coefficient (Wildman–Crippen LogP) is 4.79. The van der Waals surface area contributed by atoms with E-state index in [-0.39, 0.29) is 6.04 Å². The summed E-state index contributed by atoms with van der Waals surface area (Å²) in [6.45, 7) is 6.97. The zero-order valence-corrected chi connectivity index (χ0v) is 14.6. The molecule has 2 aliphatic rings. The van der Waals surface area contributed by atoms with E-state index in [0.29, 0.717) is 5.92 Å². The maximum Gasteiger partial charge on any atom is 0.0361 e. The maximum absolute atomic E-state index is 6.58. The normalized spacial score (nSPS) is 21.9. The fourth-order valence-electron chi connectivity index (χ4n) is 3.81. The molecule has 0 saturated carbocycles. The summed E-state index contributed by atoms with van der Waals surface area (Å²) in [5.74, 6) is 0.653. The van der Waals surface area contributed by atoms with Gasteiger partial charge in [-0.2, -0.15) is 0 Å². The van der Waals surface area contributed by atoms with Crippen LogP contribution in [0.15, 0.2) is 35.6 Å². The number of hydrogen-bond donors (Lipinski definition) is 1. The van der Waals surface area contributed by atoms with Crippen LogP contribution < -0.4 is 5.73 Å². The van der Waals surface area contributed by atoms with E-state index in [1.165, 1.54) is 62.9 Å². The van der Waals surface area contributed by atoms with Crippen LogP contribution in [0.5, 0.6) is 0 Å². The van der Waals surface area contributed by atoms with Crippen molar-refractivity contribution in [3.8, 4) is 0 Å². The molecule has 0 amide bonds. The molecule has 124 valence electrons.